The van der Waals surface area contributed by atoms with Gasteiger partial charge in [-0.25, -0.2) is 14.0 Å². The zero-order chi connectivity index (χ0) is 22.3. The number of rotatable bonds is 8. The van der Waals surface area contributed by atoms with Crippen molar-refractivity contribution in [2.45, 2.75) is 31.3 Å². The third-order valence-corrected chi connectivity index (χ3v) is 5.39. The maximum absolute atomic E-state index is 15.3. The number of alkyl halides is 2. The minimum absolute atomic E-state index is 0.100. The van der Waals surface area contributed by atoms with Crippen molar-refractivity contribution >= 4 is 56.8 Å². The summed E-state index contributed by atoms with van der Waals surface area (Å²) in [6.07, 6.45) is 3.59. The molecule has 162 valence electrons. The highest BCUT2D eigenvalue weighted by Gasteiger charge is 2.47. The Morgan fingerprint density at radius 2 is 1.87 bits per heavy atom. The highest BCUT2D eigenvalue weighted by atomic mass is 79.9. The monoisotopic (exact) mass is 521 g/mol. The summed E-state index contributed by atoms with van der Waals surface area (Å²) >= 11 is 14.9. The van der Waals surface area contributed by atoms with E-state index in [1.54, 1.807) is 0 Å². The van der Waals surface area contributed by atoms with E-state index in [1.165, 1.54) is 31.4 Å². The molecule has 0 saturated carbocycles. The molecule has 0 saturated heterocycles. The number of oxime groups is 1. The third kappa shape index (κ3) is 5.83. The van der Waals surface area contributed by atoms with E-state index >= 15 is 4.39 Å². The van der Waals surface area contributed by atoms with Crippen LogP contribution < -0.4 is 0 Å². The number of esters is 2. The van der Waals surface area contributed by atoms with E-state index in [4.69, 9.17) is 32.7 Å². The molecule has 1 aromatic rings. The van der Waals surface area contributed by atoms with Gasteiger partial charge in [0.15, 0.2) is 5.76 Å². The predicted octanol–water partition coefficient (Wildman–Crippen LogP) is 5.68. The molecule has 6 nitrogen and oxygen atoms in total. The van der Waals surface area contributed by atoms with Gasteiger partial charge in [0.25, 0.3) is 5.13 Å². The second kappa shape index (κ2) is 10.9. The molecular formula is C20H19BrCl2FNO5. The number of nitrogens with zero attached hydrogens (tertiary/aromatic N) is 1. The quantitative estimate of drug-likeness (QED) is 0.190. The lowest BCUT2D eigenvalue weighted by Crippen LogP contribution is -2.36. The smallest absolute Gasteiger partial charge is 0.343 e. The lowest BCUT2D eigenvalue weighted by atomic mass is 10.0. The minimum atomic E-state index is -2.87. The van der Waals surface area contributed by atoms with E-state index in [9.17, 15) is 9.59 Å². The van der Waals surface area contributed by atoms with Crippen LogP contribution in [0.4, 0.5) is 4.39 Å². The normalized spacial score (nSPS) is 20.1. The van der Waals surface area contributed by atoms with Crippen LogP contribution in [0.15, 0.2) is 51.3 Å². The van der Waals surface area contributed by atoms with Crippen molar-refractivity contribution in [2.75, 3.05) is 13.7 Å². The Hall–Kier alpha value is -1.90. The van der Waals surface area contributed by atoms with Gasteiger partial charge in [0.1, 0.15) is 12.8 Å². The molecule has 0 heterocycles. The molecule has 1 aliphatic carbocycles. The Kier molecular flexibility index (Phi) is 8.88. The predicted molar refractivity (Wildman–Crippen MR) is 116 cm³/mol. The fourth-order valence-electron chi connectivity index (χ4n) is 2.44. The third-order valence-electron chi connectivity index (χ3n) is 3.99. The van der Waals surface area contributed by atoms with Crippen molar-refractivity contribution in [1.29, 1.82) is 0 Å². The maximum Gasteiger partial charge on any atom is 0.343 e. The van der Waals surface area contributed by atoms with Gasteiger partial charge in [0, 0.05) is 5.02 Å². The van der Waals surface area contributed by atoms with Gasteiger partial charge in [-0.1, -0.05) is 48.1 Å². The number of halogens is 4. The molecule has 0 spiro atoms. The Labute approximate surface area is 191 Å². The summed E-state index contributed by atoms with van der Waals surface area (Å²) in [7, 11) is 1.18. The van der Waals surface area contributed by atoms with Crippen LogP contribution in [0.5, 0.6) is 0 Å². The van der Waals surface area contributed by atoms with Crippen molar-refractivity contribution < 1.29 is 28.3 Å². The molecule has 0 N–H and O–H groups in total. The fourth-order valence-corrected chi connectivity index (χ4v) is 3.53. The van der Waals surface area contributed by atoms with Crippen molar-refractivity contribution in [2.24, 2.45) is 5.16 Å². The van der Waals surface area contributed by atoms with E-state index in [1.807, 2.05) is 6.92 Å². The molecule has 0 fully saturated rings. The molecule has 10 heteroatoms. The maximum atomic E-state index is 15.3. The molecule has 0 aliphatic heterocycles. The van der Waals surface area contributed by atoms with Gasteiger partial charge in [0.05, 0.1) is 22.2 Å². The van der Waals surface area contributed by atoms with E-state index < -0.39 is 28.5 Å². The molecule has 0 amide bonds. The SMILES string of the molecule is CCCCCOC(=O)C1=CC(=NOC)[C@@](F)(Cl)C(OC(=O)c2ccc(Cl)cc2)=C1Br. The number of allylic oxidation sites excluding steroid dienone is 2. The molecule has 0 bridgehead atoms. The second-order valence-corrected chi connectivity index (χ2v) is 7.92. The molecule has 0 aromatic heterocycles. The van der Waals surface area contributed by atoms with Crippen molar-refractivity contribution in [3.63, 3.8) is 0 Å². The van der Waals surface area contributed by atoms with Crippen LogP contribution in [-0.2, 0) is 19.1 Å². The second-order valence-electron chi connectivity index (χ2n) is 6.17. The van der Waals surface area contributed by atoms with Crippen molar-refractivity contribution in [1.82, 2.24) is 0 Å². The number of benzene rings is 1. The number of carbonyl (C=O) groups is 2. The number of ether oxygens (including phenoxy) is 2. The summed E-state index contributed by atoms with van der Waals surface area (Å²) < 4.78 is 25.6. The zero-order valence-corrected chi connectivity index (χ0v) is 19.3. The van der Waals surface area contributed by atoms with Crippen LogP contribution >= 0.6 is 39.1 Å². The highest BCUT2D eigenvalue weighted by molar-refractivity contribution is 9.12. The van der Waals surface area contributed by atoms with Gasteiger partial charge < -0.3 is 14.3 Å². The average molecular weight is 523 g/mol. The molecule has 2 rings (SSSR count). The first-order valence-corrected chi connectivity index (χ1v) is 10.5. The van der Waals surface area contributed by atoms with Gasteiger partial charge in [-0.15, -0.1) is 0 Å². The summed E-state index contributed by atoms with van der Waals surface area (Å²) in [5.74, 6) is -2.33. The van der Waals surface area contributed by atoms with Crippen LogP contribution in [0.3, 0.4) is 0 Å². The first-order valence-electron chi connectivity index (χ1n) is 8.99. The number of unbranched alkanes of at least 4 members (excludes halogenated alkanes) is 2. The molecule has 1 aliphatic rings. The lowest BCUT2D eigenvalue weighted by molar-refractivity contribution is -0.138. The van der Waals surface area contributed by atoms with Crippen LogP contribution in [0.2, 0.25) is 5.02 Å². The van der Waals surface area contributed by atoms with Crippen molar-refractivity contribution in [3.05, 3.63) is 56.7 Å². The zero-order valence-electron chi connectivity index (χ0n) is 16.2. The average Bonchev–Trinajstić information content (AvgIpc) is 2.71. The van der Waals surface area contributed by atoms with Gasteiger partial charge in [-0.3, -0.25) is 0 Å². The number of carbonyl (C=O) groups excluding carboxylic acids is 2. The van der Waals surface area contributed by atoms with Gasteiger partial charge in [-0.2, -0.15) is 0 Å². The first-order chi connectivity index (χ1) is 14.2. The number of hydrogen-bond acceptors (Lipinski definition) is 6. The molecule has 0 unspecified atom stereocenters. The molecule has 1 atom stereocenters. The minimum Gasteiger partial charge on any atom is -0.462 e. The fraction of sp³-hybridized carbons (Fsp3) is 0.350. The highest BCUT2D eigenvalue weighted by Crippen LogP contribution is 2.42. The Bertz CT molecular complexity index is 897. The van der Waals surface area contributed by atoms with E-state index in [-0.39, 0.29) is 22.2 Å². The Balaban J connectivity index is 2.36. The van der Waals surface area contributed by atoms with Gasteiger partial charge in [-0.05, 0) is 52.7 Å². The van der Waals surface area contributed by atoms with Crippen LogP contribution in [0.1, 0.15) is 36.5 Å². The molecule has 1 aromatic carbocycles. The summed E-state index contributed by atoms with van der Waals surface area (Å²) in [5, 5.41) is 1.05. The largest absolute Gasteiger partial charge is 0.462 e. The van der Waals surface area contributed by atoms with E-state index in [0.29, 0.717) is 11.4 Å². The summed E-state index contributed by atoms with van der Waals surface area (Å²) in [6, 6.07) is 5.75. The standard InChI is InChI=1S/C20H19BrCl2FNO5/c1-3-4-5-10-29-19(27)14-11-15(25-28-2)20(23,24)17(16(14)21)30-18(26)12-6-8-13(22)9-7-12/h6-9,11H,3-5,10H2,1-2H3/t20-/m0/s1. The summed E-state index contributed by atoms with van der Waals surface area (Å²) in [6.45, 7) is 2.20. The lowest BCUT2D eigenvalue weighted by Gasteiger charge is -2.26. The van der Waals surface area contributed by atoms with Gasteiger partial charge in [0.2, 0.25) is 0 Å². The Morgan fingerprint density at radius 3 is 2.47 bits per heavy atom. The summed E-state index contributed by atoms with van der Waals surface area (Å²) in [5.41, 5.74) is -0.493. The van der Waals surface area contributed by atoms with Crippen LogP contribution in [-0.4, -0.2) is 36.5 Å². The molecule has 30 heavy (non-hydrogen) atoms. The Morgan fingerprint density at radius 1 is 1.20 bits per heavy atom. The number of hydrogen-bond donors (Lipinski definition) is 0. The summed E-state index contributed by atoms with van der Waals surface area (Å²) in [4.78, 5) is 29.6. The molecule has 0 radical (unpaired) electrons. The van der Waals surface area contributed by atoms with Gasteiger partial charge >= 0.3 is 11.9 Å². The van der Waals surface area contributed by atoms with E-state index in [0.717, 1.165) is 18.9 Å². The topological polar surface area (TPSA) is 74.2 Å². The van der Waals surface area contributed by atoms with Crippen LogP contribution in [0, 0.1) is 0 Å². The molecular weight excluding hydrogens is 504 g/mol. The first kappa shape index (κ1) is 24.4. The van der Waals surface area contributed by atoms with Crippen LogP contribution in [0.25, 0.3) is 0 Å². The van der Waals surface area contributed by atoms with Crippen molar-refractivity contribution in [3.8, 4) is 0 Å². The van der Waals surface area contributed by atoms with E-state index in [2.05, 4.69) is 25.9 Å².